The van der Waals surface area contributed by atoms with Gasteiger partial charge in [0, 0.05) is 11.3 Å². The van der Waals surface area contributed by atoms with Gasteiger partial charge in [0.2, 0.25) is 0 Å². The monoisotopic (exact) mass is 464 g/mol. The van der Waals surface area contributed by atoms with Crippen LogP contribution in [0.4, 0.5) is 0 Å². The van der Waals surface area contributed by atoms with Crippen LogP contribution in [0.15, 0.2) is 11.6 Å². The second kappa shape index (κ2) is 8.12. The van der Waals surface area contributed by atoms with E-state index in [9.17, 15) is 30.3 Å². The maximum Gasteiger partial charge on any atom is 0.159 e. The molecule has 188 valence electrons. The molecule has 0 amide bonds. The summed E-state index contributed by atoms with van der Waals surface area (Å²) < 4.78 is 0. The molecule has 3 saturated carbocycles. The Bertz CT molecular complexity index is 816. The van der Waals surface area contributed by atoms with Crippen LogP contribution in [0.1, 0.15) is 86.0 Å². The number of allylic oxidation sites excluding steroid dienone is 1. The highest BCUT2D eigenvalue weighted by atomic mass is 16.3. The molecular formula is C27H44O6. The van der Waals surface area contributed by atoms with Gasteiger partial charge in [0.25, 0.3) is 0 Å². The van der Waals surface area contributed by atoms with Crippen molar-refractivity contribution in [2.45, 2.75) is 115 Å². The van der Waals surface area contributed by atoms with Gasteiger partial charge in [-0.05, 0) is 100 Å². The Hall–Kier alpha value is -0.790. The van der Waals surface area contributed by atoms with Crippen LogP contribution in [0, 0.1) is 34.5 Å². The van der Waals surface area contributed by atoms with E-state index < -0.39 is 40.3 Å². The molecule has 0 heterocycles. The van der Waals surface area contributed by atoms with Crippen molar-refractivity contribution < 1.29 is 30.3 Å². The molecule has 33 heavy (non-hydrogen) atoms. The first-order chi connectivity index (χ1) is 15.1. The average Bonchev–Trinajstić information content (AvgIpc) is 2.99. The number of carbonyl (C=O) groups excluding carboxylic acids is 1. The van der Waals surface area contributed by atoms with E-state index >= 15 is 0 Å². The van der Waals surface area contributed by atoms with Gasteiger partial charge < -0.3 is 25.5 Å². The minimum absolute atomic E-state index is 0.00888. The molecule has 6 nitrogen and oxygen atoms in total. The van der Waals surface area contributed by atoms with Crippen LogP contribution in [0.3, 0.4) is 0 Å². The average molecular weight is 465 g/mol. The maximum atomic E-state index is 13.2. The summed E-state index contributed by atoms with van der Waals surface area (Å²) in [5.41, 5.74) is -2.01. The zero-order chi connectivity index (χ0) is 24.6. The van der Waals surface area contributed by atoms with Gasteiger partial charge in [-0.1, -0.05) is 20.8 Å². The Morgan fingerprint density at radius 3 is 2.42 bits per heavy atom. The molecule has 0 radical (unpaired) electrons. The number of rotatable bonds is 5. The molecule has 4 rings (SSSR count). The van der Waals surface area contributed by atoms with Crippen molar-refractivity contribution in [3.63, 3.8) is 0 Å². The summed E-state index contributed by atoms with van der Waals surface area (Å²) >= 11 is 0. The minimum Gasteiger partial charge on any atom is -0.393 e. The number of hydrogen-bond acceptors (Lipinski definition) is 6. The Kier molecular flexibility index (Phi) is 6.23. The van der Waals surface area contributed by atoms with Gasteiger partial charge >= 0.3 is 0 Å². The highest BCUT2D eigenvalue weighted by Crippen LogP contribution is 2.68. The van der Waals surface area contributed by atoms with Crippen molar-refractivity contribution in [3.8, 4) is 0 Å². The molecule has 4 aliphatic rings. The third-order valence-electron chi connectivity index (χ3n) is 10.5. The van der Waals surface area contributed by atoms with Crippen LogP contribution < -0.4 is 0 Å². The van der Waals surface area contributed by atoms with Crippen LogP contribution in [0.2, 0.25) is 0 Å². The third kappa shape index (κ3) is 3.85. The Morgan fingerprint density at radius 2 is 1.79 bits per heavy atom. The number of fused-ring (bicyclic) bond motifs is 5. The molecule has 5 N–H and O–H groups in total. The topological polar surface area (TPSA) is 118 Å². The number of aliphatic hydroxyl groups is 5. The second-order valence-corrected chi connectivity index (χ2v) is 12.9. The first-order valence-corrected chi connectivity index (χ1v) is 12.9. The number of ketones is 1. The predicted molar refractivity (Wildman–Crippen MR) is 125 cm³/mol. The summed E-state index contributed by atoms with van der Waals surface area (Å²) in [6.45, 7) is 9.74. The van der Waals surface area contributed by atoms with Crippen LogP contribution in [0.5, 0.6) is 0 Å². The summed E-state index contributed by atoms with van der Waals surface area (Å²) in [6, 6.07) is 0. The van der Waals surface area contributed by atoms with Gasteiger partial charge in [-0.15, -0.1) is 0 Å². The van der Waals surface area contributed by atoms with Gasteiger partial charge in [-0.3, -0.25) is 4.79 Å². The molecule has 2 unspecified atom stereocenters. The van der Waals surface area contributed by atoms with Crippen molar-refractivity contribution in [2.24, 2.45) is 34.5 Å². The number of aliphatic hydroxyl groups excluding tert-OH is 3. The summed E-state index contributed by atoms with van der Waals surface area (Å²) in [4.78, 5) is 13.2. The lowest BCUT2D eigenvalue weighted by Gasteiger charge is -2.60. The molecule has 0 aromatic heterocycles. The zero-order valence-electron chi connectivity index (χ0n) is 20.9. The Morgan fingerprint density at radius 1 is 1.12 bits per heavy atom. The largest absolute Gasteiger partial charge is 0.393 e. The zero-order valence-corrected chi connectivity index (χ0v) is 20.9. The van der Waals surface area contributed by atoms with Gasteiger partial charge in [-0.2, -0.15) is 0 Å². The predicted octanol–water partition coefficient (Wildman–Crippen LogP) is 2.74. The van der Waals surface area contributed by atoms with E-state index in [0.29, 0.717) is 25.7 Å². The molecule has 0 aliphatic heterocycles. The van der Waals surface area contributed by atoms with Crippen LogP contribution in [-0.4, -0.2) is 60.8 Å². The first kappa shape index (κ1) is 25.3. The van der Waals surface area contributed by atoms with E-state index in [4.69, 9.17) is 0 Å². The summed E-state index contributed by atoms with van der Waals surface area (Å²) in [5.74, 6) is -0.264. The molecule has 0 spiro atoms. The smallest absolute Gasteiger partial charge is 0.159 e. The highest BCUT2D eigenvalue weighted by molar-refractivity contribution is 5.95. The molecule has 0 saturated heterocycles. The van der Waals surface area contributed by atoms with E-state index in [1.54, 1.807) is 19.9 Å². The fourth-order valence-electron chi connectivity index (χ4n) is 8.29. The molecule has 3 fully saturated rings. The van der Waals surface area contributed by atoms with Crippen molar-refractivity contribution in [2.75, 3.05) is 0 Å². The van der Waals surface area contributed by atoms with Crippen LogP contribution in [0.25, 0.3) is 0 Å². The molecule has 0 aromatic carbocycles. The van der Waals surface area contributed by atoms with E-state index in [-0.39, 0.29) is 35.9 Å². The van der Waals surface area contributed by atoms with Crippen molar-refractivity contribution in [3.05, 3.63) is 11.6 Å². The van der Waals surface area contributed by atoms with E-state index in [0.717, 1.165) is 24.8 Å². The van der Waals surface area contributed by atoms with Crippen molar-refractivity contribution >= 4 is 5.78 Å². The van der Waals surface area contributed by atoms with Gasteiger partial charge in [0.05, 0.1) is 29.5 Å². The van der Waals surface area contributed by atoms with E-state index in [1.165, 1.54) is 0 Å². The maximum absolute atomic E-state index is 13.2. The standard InChI is InChI=1S/C27H44O6/c1-15(20(28)8-9-24(2,3)32)16-7-11-27(33)18-12-21(29)19-13-22(30)23(31)14-25(19,4)17(18)6-10-26(16,27)5/h12,15-17,19-20,22-23,28,30-33H,6-11,13-14H2,1-5H3/t15?,16-,17?,19+,20-,22-,23+,25-,26-,27-/m1/s1. The SMILES string of the molecule is CC([C@H](O)CCC(C)(C)O)[C@H]1CC[C@@]2(O)C3=CC(=O)[C@@H]4C[C@@H](O)[C@@H](O)C[C@]4(C)C3CC[C@]12C. The lowest BCUT2D eigenvalue weighted by atomic mass is 9.46. The first-order valence-electron chi connectivity index (χ1n) is 12.9. The lowest BCUT2D eigenvalue weighted by Crippen LogP contribution is -2.61. The Labute approximate surface area is 198 Å². The molecule has 10 atom stereocenters. The number of carbonyl (C=O) groups is 1. The summed E-state index contributed by atoms with van der Waals surface area (Å²) in [6.07, 6.45) is 4.06. The van der Waals surface area contributed by atoms with Crippen LogP contribution in [-0.2, 0) is 4.79 Å². The highest BCUT2D eigenvalue weighted by Gasteiger charge is 2.67. The van der Waals surface area contributed by atoms with Gasteiger partial charge in [-0.25, -0.2) is 0 Å². The van der Waals surface area contributed by atoms with Crippen molar-refractivity contribution in [1.82, 2.24) is 0 Å². The minimum atomic E-state index is -1.10. The Balaban J connectivity index is 1.62. The molecule has 0 bridgehead atoms. The second-order valence-electron chi connectivity index (χ2n) is 12.9. The quantitative estimate of drug-likeness (QED) is 0.427. The lowest BCUT2D eigenvalue weighted by molar-refractivity contribution is -0.154. The summed E-state index contributed by atoms with van der Waals surface area (Å²) in [7, 11) is 0. The normalized spacial score (nSPS) is 47.3. The molecular weight excluding hydrogens is 420 g/mol. The molecule has 0 aromatic rings. The van der Waals surface area contributed by atoms with Gasteiger partial charge in [0.1, 0.15) is 0 Å². The fraction of sp³-hybridized carbons (Fsp3) is 0.889. The third-order valence-corrected chi connectivity index (χ3v) is 10.5. The summed E-state index contributed by atoms with van der Waals surface area (Å²) in [5, 5.41) is 53.9. The van der Waals surface area contributed by atoms with Crippen LogP contribution >= 0.6 is 0 Å². The molecule has 4 aliphatic carbocycles. The van der Waals surface area contributed by atoms with Crippen molar-refractivity contribution in [1.29, 1.82) is 0 Å². The van der Waals surface area contributed by atoms with E-state index in [2.05, 4.69) is 20.8 Å². The molecule has 6 heteroatoms. The fourth-order valence-corrected chi connectivity index (χ4v) is 8.29. The van der Waals surface area contributed by atoms with Gasteiger partial charge in [0.15, 0.2) is 5.78 Å². The van der Waals surface area contributed by atoms with E-state index in [1.807, 2.05) is 0 Å². The number of hydrogen-bond donors (Lipinski definition) is 5.